The van der Waals surface area contributed by atoms with E-state index in [-0.39, 0.29) is 4.90 Å². The van der Waals surface area contributed by atoms with Crippen molar-refractivity contribution in [1.82, 2.24) is 10.2 Å². The summed E-state index contributed by atoms with van der Waals surface area (Å²) in [5.74, 6) is 1.000. The molecule has 1 heterocycles. The molecule has 0 aliphatic carbocycles. The third-order valence-corrected chi connectivity index (χ3v) is 6.52. The molecule has 32 heavy (non-hydrogen) atoms. The van der Waals surface area contributed by atoms with Crippen molar-refractivity contribution in [2.75, 3.05) is 63.7 Å². The van der Waals surface area contributed by atoms with Gasteiger partial charge in [0.1, 0.15) is 11.5 Å². The topological polar surface area (TPSA) is 101 Å². The zero-order chi connectivity index (χ0) is 23.0. The number of rotatable bonds is 9. The molecular weight excluding hydrogens is 452 g/mol. The molecule has 1 aliphatic heterocycles. The highest BCUT2D eigenvalue weighted by atomic mass is 32.2. The number of hydrogen-bond acceptors (Lipinski definition) is 7. The zero-order valence-corrected chi connectivity index (χ0v) is 19.7. The van der Waals surface area contributed by atoms with Crippen LogP contribution in [0.4, 0.5) is 11.4 Å². The van der Waals surface area contributed by atoms with Crippen LogP contribution in [-0.2, 0) is 14.8 Å². The van der Waals surface area contributed by atoms with Crippen LogP contribution in [0.1, 0.15) is 0 Å². The second-order valence-electron chi connectivity index (χ2n) is 7.03. The van der Waals surface area contributed by atoms with E-state index in [4.69, 9.17) is 26.4 Å². The average Bonchev–Trinajstić information content (AvgIpc) is 2.80. The van der Waals surface area contributed by atoms with Crippen LogP contribution in [0.2, 0.25) is 0 Å². The lowest BCUT2D eigenvalue weighted by Crippen LogP contribution is -2.42. The molecule has 11 heteroatoms. The van der Waals surface area contributed by atoms with E-state index < -0.39 is 10.0 Å². The fraction of sp³-hybridized carbons (Fsp3) is 0.381. The molecule has 0 spiro atoms. The van der Waals surface area contributed by atoms with Crippen molar-refractivity contribution in [2.45, 2.75) is 4.90 Å². The standard InChI is InChI=1S/C21H28N4O5S2/c1-28-17-5-3-16(4-6-17)24-32(26,27)18-7-8-19(20(15-18)29-2)23-21(31)22-9-10-25-11-13-30-14-12-25/h3-8,15,24H,9-14H2,1-2H3,(H2,22,23,31). The van der Waals surface area contributed by atoms with Gasteiger partial charge in [-0.15, -0.1) is 0 Å². The van der Waals surface area contributed by atoms with Crippen LogP contribution in [0.15, 0.2) is 47.4 Å². The molecule has 0 amide bonds. The molecule has 0 unspecified atom stereocenters. The fourth-order valence-electron chi connectivity index (χ4n) is 3.13. The Morgan fingerprint density at radius 1 is 1.09 bits per heavy atom. The molecule has 1 aliphatic rings. The summed E-state index contributed by atoms with van der Waals surface area (Å²) in [6.07, 6.45) is 0. The minimum Gasteiger partial charge on any atom is -0.497 e. The molecule has 3 rings (SSSR count). The Labute approximate surface area is 194 Å². The summed E-state index contributed by atoms with van der Waals surface area (Å²) in [6, 6.07) is 11.2. The van der Waals surface area contributed by atoms with Crippen LogP contribution in [-0.4, -0.2) is 72.0 Å². The van der Waals surface area contributed by atoms with Gasteiger partial charge in [-0.05, 0) is 48.6 Å². The molecule has 0 bridgehead atoms. The van der Waals surface area contributed by atoms with Gasteiger partial charge in [0.05, 0.1) is 38.0 Å². The third-order valence-electron chi connectivity index (χ3n) is 4.89. The summed E-state index contributed by atoms with van der Waals surface area (Å²) in [7, 11) is -0.777. The van der Waals surface area contributed by atoms with Crippen molar-refractivity contribution in [2.24, 2.45) is 0 Å². The van der Waals surface area contributed by atoms with Gasteiger partial charge >= 0.3 is 0 Å². The molecule has 1 fully saturated rings. The van der Waals surface area contributed by atoms with E-state index in [1.165, 1.54) is 19.2 Å². The second kappa shape index (κ2) is 11.3. The van der Waals surface area contributed by atoms with E-state index in [9.17, 15) is 8.42 Å². The normalized spacial score (nSPS) is 14.4. The maximum atomic E-state index is 12.8. The number of ether oxygens (including phenoxy) is 3. The van der Waals surface area contributed by atoms with Gasteiger partial charge in [-0.25, -0.2) is 8.42 Å². The Bertz CT molecular complexity index is 1010. The summed E-state index contributed by atoms with van der Waals surface area (Å²) in [4.78, 5) is 2.37. The molecule has 1 saturated heterocycles. The molecule has 9 nitrogen and oxygen atoms in total. The van der Waals surface area contributed by atoms with Gasteiger partial charge in [-0.2, -0.15) is 0 Å². The number of hydrogen-bond donors (Lipinski definition) is 3. The Morgan fingerprint density at radius 3 is 2.47 bits per heavy atom. The van der Waals surface area contributed by atoms with E-state index in [1.807, 2.05) is 0 Å². The number of nitrogens with one attached hydrogen (secondary N) is 3. The summed E-state index contributed by atoms with van der Waals surface area (Å²) in [5.41, 5.74) is 0.998. The first-order chi connectivity index (χ1) is 15.4. The van der Waals surface area contributed by atoms with Crippen LogP contribution in [0.3, 0.4) is 0 Å². The first kappa shape index (κ1) is 24.1. The molecule has 0 saturated carbocycles. The Kier molecular flexibility index (Phi) is 8.51. The lowest BCUT2D eigenvalue weighted by Gasteiger charge is -2.26. The molecule has 0 aromatic heterocycles. The van der Waals surface area contributed by atoms with Crippen molar-refractivity contribution in [3.63, 3.8) is 0 Å². The first-order valence-electron chi connectivity index (χ1n) is 10.1. The lowest BCUT2D eigenvalue weighted by atomic mass is 10.3. The summed E-state index contributed by atoms with van der Waals surface area (Å²) in [5, 5.41) is 6.66. The van der Waals surface area contributed by atoms with Crippen molar-refractivity contribution in [3.05, 3.63) is 42.5 Å². The van der Waals surface area contributed by atoms with Gasteiger partial charge in [0.15, 0.2) is 5.11 Å². The van der Waals surface area contributed by atoms with Crippen LogP contribution in [0.5, 0.6) is 11.5 Å². The van der Waals surface area contributed by atoms with Gasteiger partial charge in [0.2, 0.25) is 0 Å². The molecule has 2 aromatic rings. The maximum Gasteiger partial charge on any atom is 0.262 e. The van der Waals surface area contributed by atoms with E-state index in [2.05, 4.69) is 20.3 Å². The van der Waals surface area contributed by atoms with Crippen LogP contribution < -0.4 is 24.8 Å². The minimum atomic E-state index is -3.80. The molecule has 3 N–H and O–H groups in total. The van der Waals surface area contributed by atoms with Crippen LogP contribution in [0, 0.1) is 0 Å². The number of methoxy groups -OCH3 is 2. The molecular formula is C21H28N4O5S2. The van der Waals surface area contributed by atoms with Crippen molar-refractivity contribution in [3.8, 4) is 11.5 Å². The van der Waals surface area contributed by atoms with Crippen molar-refractivity contribution >= 4 is 38.7 Å². The monoisotopic (exact) mass is 480 g/mol. The van der Waals surface area contributed by atoms with Gasteiger partial charge < -0.3 is 24.8 Å². The molecule has 0 atom stereocenters. The predicted octanol–water partition coefficient (Wildman–Crippen LogP) is 2.12. The number of sulfonamides is 1. The van der Waals surface area contributed by atoms with Crippen molar-refractivity contribution in [1.29, 1.82) is 0 Å². The summed E-state index contributed by atoms with van der Waals surface area (Å²) >= 11 is 5.36. The van der Waals surface area contributed by atoms with Gasteiger partial charge in [0, 0.05) is 37.9 Å². The molecule has 174 valence electrons. The lowest BCUT2D eigenvalue weighted by molar-refractivity contribution is 0.0389. The Morgan fingerprint density at radius 2 is 1.81 bits per heavy atom. The van der Waals surface area contributed by atoms with E-state index in [0.717, 1.165) is 32.8 Å². The number of morpholine rings is 1. The highest BCUT2D eigenvalue weighted by molar-refractivity contribution is 7.92. The van der Waals surface area contributed by atoms with E-state index in [1.54, 1.807) is 37.4 Å². The number of nitrogens with zero attached hydrogens (tertiary/aromatic N) is 1. The Hall–Kier alpha value is -2.60. The first-order valence-corrected chi connectivity index (χ1v) is 12.0. The van der Waals surface area contributed by atoms with Gasteiger partial charge in [0.25, 0.3) is 10.0 Å². The quantitative estimate of drug-likeness (QED) is 0.466. The summed E-state index contributed by atoms with van der Waals surface area (Å²) < 4.78 is 43.9. The highest BCUT2D eigenvalue weighted by Crippen LogP contribution is 2.29. The van der Waals surface area contributed by atoms with Crippen LogP contribution in [0.25, 0.3) is 0 Å². The smallest absolute Gasteiger partial charge is 0.262 e. The third kappa shape index (κ3) is 6.70. The van der Waals surface area contributed by atoms with Crippen molar-refractivity contribution < 1.29 is 22.6 Å². The largest absolute Gasteiger partial charge is 0.497 e. The number of benzene rings is 2. The summed E-state index contributed by atoms with van der Waals surface area (Å²) in [6.45, 7) is 4.88. The SMILES string of the molecule is COc1ccc(NS(=O)(=O)c2ccc(NC(=S)NCCN3CCOCC3)c(OC)c2)cc1. The second-order valence-corrected chi connectivity index (χ2v) is 9.12. The average molecular weight is 481 g/mol. The Balaban J connectivity index is 1.60. The van der Waals surface area contributed by atoms with Gasteiger partial charge in [-0.1, -0.05) is 0 Å². The maximum absolute atomic E-state index is 12.8. The van der Waals surface area contributed by atoms with Gasteiger partial charge in [-0.3, -0.25) is 9.62 Å². The molecule has 0 radical (unpaired) electrons. The fourth-order valence-corrected chi connectivity index (χ4v) is 4.42. The number of thiocarbonyl (C=S) groups is 1. The zero-order valence-electron chi connectivity index (χ0n) is 18.1. The predicted molar refractivity (Wildman–Crippen MR) is 128 cm³/mol. The minimum absolute atomic E-state index is 0.0712. The van der Waals surface area contributed by atoms with E-state index in [0.29, 0.717) is 34.5 Å². The van der Waals surface area contributed by atoms with Crippen LogP contribution >= 0.6 is 12.2 Å². The van der Waals surface area contributed by atoms with E-state index >= 15 is 0 Å². The number of anilines is 2. The molecule has 2 aromatic carbocycles. The highest BCUT2D eigenvalue weighted by Gasteiger charge is 2.18.